The van der Waals surface area contributed by atoms with Gasteiger partial charge < -0.3 is 24.6 Å². The molecule has 7 heteroatoms. The maximum atomic E-state index is 12.6. The summed E-state index contributed by atoms with van der Waals surface area (Å²) in [6.07, 6.45) is 2.24. The number of anilines is 1. The number of piperidine rings is 1. The molecule has 7 nitrogen and oxygen atoms in total. The Morgan fingerprint density at radius 2 is 1.97 bits per heavy atom. The van der Waals surface area contributed by atoms with E-state index in [1.807, 2.05) is 13.0 Å². The van der Waals surface area contributed by atoms with Crippen LogP contribution in [-0.4, -0.2) is 63.3 Å². The van der Waals surface area contributed by atoms with Crippen LogP contribution in [0.1, 0.15) is 51.5 Å². The molecule has 1 aromatic carbocycles. The van der Waals surface area contributed by atoms with Crippen LogP contribution in [0.5, 0.6) is 5.75 Å². The number of hydrogen-bond acceptors (Lipinski definition) is 6. The number of amides is 1. The second-order valence-electron chi connectivity index (χ2n) is 8.76. The molecule has 1 aromatic rings. The Kier molecular flexibility index (Phi) is 8.18. The molecule has 0 aliphatic carbocycles. The number of likely N-dealkylation sites (tertiary alicyclic amines) is 1. The first-order chi connectivity index (χ1) is 14.9. The summed E-state index contributed by atoms with van der Waals surface area (Å²) in [6, 6.07) is 6.10. The summed E-state index contributed by atoms with van der Waals surface area (Å²) in [5.41, 5.74) is 2.10. The van der Waals surface area contributed by atoms with Gasteiger partial charge in [0, 0.05) is 31.4 Å². The third-order valence-electron chi connectivity index (χ3n) is 6.77. The van der Waals surface area contributed by atoms with Gasteiger partial charge in [0.1, 0.15) is 5.75 Å². The Labute approximate surface area is 186 Å². The maximum Gasteiger partial charge on any atom is 0.407 e. The van der Waals surface area contributed by atoms with E-state index in [-0.39, 0.29) is 24.4 Å². The van der Waals surface area contributed by atoms with Crippen molar-refractivity contribution in [3.8, 4) is 5.75 Å². The van der Waals surface area contributed by atoms with Crippen LogP contribution in [0, 0.1) is 11.8 Å². The Morgan fingerprint density at radius 1 is 1.26 bits per heavy atom. The van der Waals surface area contributed by atoms with E-state index in [0.717, 1.165) is 50.3 Å². The summed E-state index contributed by atoms with van der Waals surface area (Å²) in [4.78, 5) is 29.2. The highest BCUT2D eigenvalue weighted by molar-refractivity contribution is 5.80. The third-order valence-corrected chi connectivity index (χ3v) is 6.77. The van der Waals surface area contributed by atoms with E-state index < -0.39 is 6.09 Å². The zero-order valence-corrected chi connectivity index (χ0v) is 19.4. The second kappa shape index (κ2) is 10.8. The number of ether oxygens (including phenoxy) is 2. The van der Waals surface area contributed by atoms with Gasteiger partial charge in [-0.1, -0.05) is 13.0 Å². The minimum Gasteiger partial charge on any atom is -0.450 e. The molecule has 1 saturated heterocycles. The fourth-order valence-corrected chi connectivity index (χ4v) is 4.57. The third kappa shape index (κ3) is 5.91. The van der Waals surface area contributed by atoms with Crippen molar-refractivity contribution in [2.45, 2.75) is 46.0 Å². The number of benzene rings is 1. The average Bonchev–Trinajstić information content (AvgIpc) is 2.76. The molecular weight excluding hydrogens is 394 g/mol. The SMILES string of the molecule is CCN(CC)c1ccc2c(c1)OC(=O)C(CCOC(=O)NCC1CCN(C)CC1)C2C. The van der Waals surface area contributed by atoms with E-state index >= 15 is 0 Å². The number of rotatable bonds is 8. The molecule has 1 fully saturated rings. The fraction of sp³-hybridized carbons (Fsp3) is 0.667. The van der Waals surface area contributed by atoms with Crippen molar-refractivity contribution >= 4 is 17.7 Å². The normalized spacial score (nSPS) is 21.9. The monoisotopic (exact) mass is 431 g/mol. The highest BCUT2D eigenvalue weighted by Gasteiger charge is 2.35. The van der Waals surface area contributed by atoms with Gasteiger partial charge in [0.05, 0.1) is 12.5 Å². The minimum atomic E-state index is -0.403. The van der Waals surface area contributed by atoms with Gasteiger partial charge in [-0.3, -0.25) is 4.79 Å². The summed E-state index contributed by atoms with van der Waals surface area (Å²) in [5.74, 6) is 0.623. The van der Waals surface area contributed by atoms with Crippen LogP contribution >= 0.6 is 0 Å². The summed E-state index contributed by atoms with van der Waals surface area (Å²) in [5, 5.41) is 2.87. The average molecular weight is 432 g/mol. The maximum absolute atomic E-state index is 12.6. The van der Waals surface area contributed by atoms with Crippen LogP contribution in [0.4, 0.5) is 10.5 Å². The van der Waals surface area contributed by atoms with Gasteiger partial charge >= 0.3 is 12.1 Å². The highest BCUT2D eigenvalue weighted by Crippen LogP contribution is 2.40. The molecule has 0 bridgehead atoms. The lowest BCUT2D eigenvalue weighted by molar-refractivity contribution is -0.141. The first-order valence-electron chi connectivity index (χ1n) is 11.6. The molecule has 2 aliphatic heterocycles. The van der Waals surface area contributed by atoms with E-state index in [0.29, 0.717) is 24.6 Å². The number of hydrogen-bond donors (Lipinski definition) is 1. The first kappa shape index (κ1) is 23.4. The van der Waals surface area contributed by atoms with Crippen LogP contribution in [-0.2, 0) is 9.53 Å². The Hall–Kier alpha value is -2.28. The van der Waals surface area contributed by atoms with Gasteiger partial charge in [0.2, 0.25) is 0 Å². The minimum absolute atomic E-state index is 0.0212. The number of fused-ring (bicyclic) bond motifs is 1. The molecule has 172 valence electrons. The van der Waals surface area contributed by atoms with Gasteiger partial charge in [-0.25, -0.2) is 4.79 Å². The molecule has 0 radical (unpaired) electrons. The fourth-order valence-electron chi connectivity index (χ4n) is 4.57. The van der Waals surface area contributed by atoms with Crippen LogP contribution in [0.3, 0.4) is 0 Å². The number of nitrogens with one attached hydrogen (secondary N) is 1. The first-order valence-corrected chi connectivity index (χ1v) is 11.6. The highest BCUT2D eigenvalue weighted by atomic mass is 16.6. The molecule has 1 N–H and O–H groups in total. The molecule has 1 amide bonds. The number of carbonyl (C=O) groups excluding carboxylic acids is 2. The predicted octanol–water partition coefficient (Wildman–Crippen LogP) is 3.63. The summed E-state index contributed by atoms with van der Waals surface area (Å²) in [6.45, 7) is 11.1. The Balaban J connectivity index is 1.48. The largest absolute Gasteiger partial charge is 0.450 e. The number of carbonyl (C=O) groups is 2. The van der Waals surface area contributed by atoms with Crippen LogP contribution in [0.25, 0.3) is 0 Å². The van der Waals surface area contributed by atoms with E-state index in [1.165, 1.54) is 0 Å². The quantitative estimate of drug-likeness (QED) is 0.501. The van der Waals surface area contributed by atoms with Crippen molar-refractivity contribution in [2.24, 2.45) is 11.8 Å². The zero-order valence-electron chi connectivity index (χ0n) is 19.4. The number of esters is 1. The lowest BCUT2D eigenvalue weighted by Crippen LogP contribution is -2.37. The predicted molar refractivity (Wildman–Crippen MR) is 122 cm³/mol. The molecule has 2 heterocycles. The van der Waals surface area contributed by atoms with Crippen molar-refractivity contribution < 1.29 is 19.1 Å². The standard InChI is InChI=1S/C24H37N3O4/c1-5-27(6-2)19-7-8-20-17(3)21(23(28)31-22(20)15-19)11-14-30-24(29)25-16-18-9-12-26(4)13-10-18/h7-8,15,17-18,21H,5-6,9-14,16H2,1-4H3,(H,25,29). The van der Waals surface area contributed by atoms with Crippen molar-refractivity contribution in [1.29, 1.82) is 0 Å². The lowest BCUT2D eigenvalue weighted by atomic mass is 9.83. The van der Waals surface area contributed by atoms with Crippen molar-refractivity contribution in [3.63, 3.8) is 0 Å². The summed E-state index contributed by atoms with van der Waals surface area (Å²) in [7, 11) is 2.12. The van der Waals surface area contributed by atoms with Gasteiger partial charge in [0.15, 0.2) is 0 Å². The van der Waals surface area contributed by atoms with Crippen LogP contribution in [0.2, 0.25) is 0 Å². The van der Waals surface area contributed by atoms with Gasteiger partial charge in [-0.05, 0) is 76.7 Å². The van der Waals surface area contributed by atoms with E-state index in [1.54, 1.807) is 0 Å². The number of alkyl carbamates (subject to hydrolysis) is 1. The Morgan fingerprint density at radius 3 is 2.65 bits per heavy atom. The van der Waals surface area contributed by atoms with Gasteiger partial charge in [0.25, 0.3) is 0 Å². The van der Waals surface area contributed by atoms with Gasteiger partial charge in [-0.2, -0.15) is 0 Å². The van der Waals surface area contributed by atoms with Crippen molar-refractivity contribution in [3.05, 3.63) is 23.8 Å². The van der Waals surface area contributed by atoms with Crippen molar-refractivity contribution in [1.82, 2.24) is 10.2 Å². The van der Waals surface area contributed by atoms with E-state index in [4.69, 9.17) is 9.47 Å². The van der Waals surface area contributed by atoms with Crippen LogP contribution in [0.15, 0.2) is 18.2 Å². The molecule has 31 heavy (non-hydrogen) atoms. The molecule has 2 aliphatic rings. The molecule has 2 atom stereocenters. The zero-order chi connectivity index (χ0) is 22.4. The van der Waals surface area contributed by atoms with Gasteiger partial charge in [-0.15, -0.1) is 0 Å². The second-order valence-corrected chi connectivity index (χ2v) is 8.76. The summed E-state index contributed by atoms with van der Waals surface area (Å²) >= 11 is 0. The van der Waals surface area contributed by atoms with E-state index in [2.05, 4.69) is 48.1 Å². The van der Waals surface area contributed by atoms with Crippen molar-refractivity contribution in [2.75, 3.05) is 51.3 Å². The molecular formula is C24H37N3O4. The smallest absolute Gasteiger partial charge is 0.407 e. The molecule has 0 saturated carbocycles. The topological polar surface area (TPSA) is 71.1 Å². The number of nitrogens with zero attached hydrogens (tertiary/aromatic N) is 2. The molecule has 0 aromatic heterocycles. The summed E-state index contributed by atoms with van der Waals surface area (Å²) < 4.78 is 11.0. The molecule has 3 rings (SSSR count). The van der Waals surface area contributed by atoms with Crippen LogP contribution < -0.4 is 15.0 Å². The van der Waals surface area contributed by atoms with E-state index in [9.17, 15) is 9.59 Å². The Bertz CT molecular complexity index is 757. The molecule has 0 spiro atoms. The lowest BCUT2D eigenvalue weighted by Gasteiger charge is -2.31. The molecule has 2 unspecified atom stereocenters.